The minimum absolute atomic E-state index is 0.0504. The first-order valence-electron chi connectivity index (χ1n) is 6.61. The third-order valence-corrected chi connectivity index (χ3v) is 3.31. The summed E-state index contributed by atoms with van der Waals surface area (Å²) in [6, 6.07) is 3.74. The fourth-order valence-corrected chi connectivity index (χ4v) is 2.34. The van der Waals surface area contributed by atoms with Gasteiger partial charge in [0.1, 0.15) is 0 Å². The van der Waals surface area contributed by atoms with E-state index in [1.807, 2.05) is 37.9 Å². The molecule has 0 radical (unpaired) electrons. The zero-order valence-corrected chi connectivity index (χ0v) is 11.8. The van der Waals surface area contributed by atoms with Crippen LogP contribution in [0, 0.1) is 13.8 Å². The minimum Gasteiger partial charge on any atom is -0.373 e. The topological polar surface area (TPSA) is 54.5 Å². The molecule has 0 bridgehead atoms. The van der Waals surface area contributed by atoms with Crippen molar-refractivity contribution >= 4 is 5.91 Å². The quantitative estimate of drug-likeness (QED) is 0.874. The van der Waals surface area contributed by atoms with Gasteiger partial charge in [0, 0.05) is 25.3 Å². The predicted octanol–water partition coefficient (Wildman–Crippen LogP) is 0.759. The first-order valence-corrected chi connectivity index (χ1v) is 6.61. The van der Waals surface area contributed by atoms with Gasteiger partial charge in [0.05, 0.1) is 24.0 Å². The molecule has 5 heteroatoms. The number of pyridine rings is 1. The Labute approximate surface area is 114 Å². The molecule has 2 rings (SSSR count). The van der Waals surface area contributed by atoms with Crippen molar-refractivity contribution in [2.45, 2.75) is 20.0 Å². The van der Waals surface area contributed by atoms with E-state index < -0.39 is 0 Å². The van der Waals surface area contributed by atoms with Crippen LogP contribution in [0.2, 0.25) is 0 Å². The summed E-state index contributed by atoms with van der Waals surface area (Å²) < 4.78 is 5.61. The molecule has 1 N–H and O–H groups in total. The van der Waals surface area contributed by atoms with Crippen molar-refractivity contribution in [2.24, 2.45) is 0 Å². The Bertz CT molecular complexity index is 460. The van der Waals surface area contributed by atoms with Crippen LogP contribution in [0.15, 0.2) is 12.1 Å². The molecule has 0 aromatic carbocycles. The number of hydrogen-bond donors (Lipinski definition) is 1. The number of rotatable bonds is 3. The minimum atomic E-state index is 0.0504. The molecule has 1 aromatic rings. The van der Waals surface area contributed by atoms with Gasteiger partial charge in [-0.05, 0) is 33.0 Å². The van der Waals surface area contributed by atoms with Gasteiger partial charge in [-0.1, -0.05) is 0 Å². The Morgan fingerprint density at radius 1 is 1.53 bits per heavy atom. The number of hydrogen-bond acceptors (Lipinski definition) is 4. The van der Waals surface area contributed by atoms with E-state index in [2.05, 4.69) is 10.3 Å². The highest BCUT2D eigenvalue weighted by Crippen LogP contribution is 2.13. The van der Waals surface area contributed by atoms with Gasteiger partial charge in [-0.15, -0.1) is 0 Å². The zero-order valence-electron chi connectivity index (χ0n) is 11.8. The standard InChI is InChI=1S/C14H21N3O2/c1-10-4-5-13(11(2)16-10)14(18)17-6-7-19-12(9-17)8-15-3/h4-5,12,15H,6-9H2,1-3H3. The van der Waals surface area contributed by atoms with Crippen LogP contribution in [0.3, 0.4) is 0 Å². The Hall–Kier alpha value is -1.46. The molecule has 1 amide bonds. The Morgan fingerprint density at radius 2 is 2.32 bits per heavy atom. The molecular formula is C14H21N3O2. The second kappa shape index (κ2) is 6.12. The fourth-order valence-electron chi connectivity index (χ4n) is 2.34. The lowest BCUT2D eigenvalue weighted by molar-refractivity contribution is -0.0196. The van der Waals surface area contributed by atoms with Crippen LogP contribution in [0.25, 0.3) is 0 Å². The van der Waals surface area contributed by atoms with Gasteiger partial charge in [0.2, 0.25) is 0 Å². The Balaban J connectivity index is 2.10. The van der Waals surface area contributed by atoms with E-state index in [1.54, 1.807) is 0 Å². The van der Waals surface area contributed by atoms with E-state index in [9.17, 15) is 4.79 Å². The Kier molecular flexibility index (Phi) is 4.50. The van der Waals surface area contributed by atoms with E-state index in [4.69, 9.17) is 4.74 Å². The van der Waals surface area contributed by atoms with Gasteiger partial charge < -0.3 is 15.0 Å². The first-order chi connectivity index (χ1) is 9.11. The third kappa shape index (κ3) is 3.30. The van der Waals surface area contributed by atoms with Crippen LogP contribution in [0.5, 0.6) is 0 Å². The van der Waals surface area contributed by atoms with Crippen LogP contribution >= 0.6 is 0 Å². The average Bonchev–Trinajstić information content (AvgIpc) is 2.39. The number of ether oxygens (including phenoxy) is 1. The summed E-state index contributed by atoms with van der Waals surface area (Å²) in [5.74, 6) is 0.0504. The number of likely N-dealkylation sites (N-methyl/N-ethyl adjacent to an activating group) is 1. The van der Waals surface area contributed by atoms with Crippen molar-refractivity contribution in [3.8, 4) is 0 Å². The average molecular weight is 263 g/mol. The van der Waals surface area contributed by atoms with Crippen molar-refractivity contribution in [3.63, 3.8) is 0 Å². The number of morpholine rings is 1. The predicted molar refractivity (Wildman–Crippen MR) is 73.3 cm³/mol. The SMILES string of the molecule is CNCC1CN(C(=O)c2ccc(C)nc2C)CCO1. The smallest absolute Gasteiger partial charge is 0.255 e. The molecule has 1 aromatic heterocycles. The number of nitrogens with one attached hydrogen (secondary N) is 1. The van der Waals surface area contributed by atoms with Crippen LogP contribution in [0.1, 0.15) is 21.7 Å². The lowest BCUT2D eigenvalue weighted by Crippen LogP contribution is -2.48. The fraction of sp³-hybridized carbons (Fsp3) is 0.571. The third-order valence-electron chi connectivity index (χ3n) is 3.31. The maximum atomic E-state index is 12.5. The van der Waals surface area contributed by atoms with Crippen LogP contribution in [0.4, 0.5) is 0 Å². The van der Waals surface area contributed by atoms with Gasteiger partial charge in [-0.25, -0.2) is 0 Å². The lowest BCUT2D eigenvalue weighted by atomic mass is 10.1. The number of carbonyl (C=O) groups is 1. The van der Waals surface area contributed by atoms with E-state index >= 15 is 0 Å². The summed E-state index contributed by atoms with van der Waals surface area (Å²) in [6.45, 7) is 6.44. The van der Waals surface area contributed by atoms with Gasteiger partial charge >= 0.3 is 0 Å². The van der Waals surface area contributed by atoms with Crippen molar-refractivity contribution < 1.29 is 9.53 Å². The molecule has 19 heavy (non-hydrogen) atoms. The molecule has 0 saturated carbocycles. The zero-order chi connectivity index (χ0) is 13.8. The maximum absolute atomic E-state index is 12.5. The van der Waals surface area contributed by atoms with Crippen molar-refractivity contribution in [1.82, 2.24) is 15.2 Å². The van der Waals surface area contributed by atoms with Gasteiger partial charge in [0.25, 0.3) is 5.91 Å². The van der Waals surface area contributed by atoms with E-state index in [0.717, 1.165) is 17.9 Å². The molecule has 5 nitrogen and oxygen atoms in total. The van der Waals surface area contributed by atoms with E-state index in [1.165, 1.54) is 0 Å². The van der Waals surface area contributed by atoms with E-state index in [0.29, 0.717) is 25.3 Å². The summed E-state index contributed by atoms with van der Waals surface area (Å²) in [5, 5.41) is 3.08. The molecule has 1 aliphatic heterocycles. The van der Waals surface area contributed by atoms with Crippen molar-refractivity contribution in [2.75, 3.05) is 33.3 Å². The summed E-state index contributed by atoms with van der Waals surface area (Å²) in [4.78, 5) is 18.7. The maximum Gasteiger partial charge on any atom is 0.255 e. The summed E-state index contributed by atoms with van der Waals surface area (Å²) in [5.41, 5.74) is 2.42. The van der Waals surface area contributed by atoms with Gasteiger partial charge in [-0.3, -0.25) is 9.78 Å². The summed E-state index contributed by atoms with van der Waals surface area (Å²) in [6.07, 6.45) is 0.0708. The Morgan fingerprint density at radius 3 is 3.00 bits per heavy atom. The number of carbonyl (C=O) groups excluding carboxylic acids is 1. The van der Waals surface area contributed by atoms with Crippen LogP contribution < -0.4 is 5.32 Å². The summed E-state index contributed by atoms with van der Waals surface area (Å²) in [7, 11) is 1.89. The molecule has 2 heterocycles. The van der Waals surface area contributed by atoms with Gasteiger partial charge in [-0.2, -0.15) is 0 Å². The highest BCUT2D eigenvalue weighted by atomic mass is 16.5. The van der Waals surface area contributed by atoms with Crippen LogP contribution in [-0.2, 0) is 4.74 Å². The van der Waals surface area contributed by atoms with Gasteiger partial charge in [0.15, 0.2) is 0 Å². The molecule has 1 saturated heterocycles. The molecule has 1 unspecified atom stereocenters. The molecule has 104 valence electrons. The molecule has 1 fully saturated rings. The monoisotopic (exact) mass is 263 g/mol. The van der Waals surface area contributed by atoms with Crippen molar-refractivity contribution in [1.29, 1.82) is 0 Å². The number of aryl methyl sites for hydroxylation is 2. The highest BCUT2D eigenvalue weighted by molar-refractivity contribution is 5.95. The molecular weight excluding hydrogens is 242 g/mol. The van der Waals surface area contributed by atoms with Crippen molar-refractivity contribution in [3.05, 3.63) is 29.1 Å². The number of amides is 1. The number of nitrogens with zero attached hydrogens (tertiary/aromatic N) is 2. The normalized spacial score (nSPS) is 19.5. The summed E-state index contributed by atoms with van der Waals surface area (Å²) >= 11 is 0. The largest absolute Gasteiger partial charge is 0.373 e. The first kappa shape index (κ1) is 14.0. The second-order valence-corrected chi connectivity index (χ2v) is 4.89. The lowest BCUT2D eigenvalue weighted by Gasteiger charge is -2.33. The second-order valence-electron chi connectivity index (χ2n) is 4.89. The van der Waals surface area contributed by atoms with Crippen LogP contribution in [-0.4, -0.2) is 55.2 Å². The molecule has 0 aliphatic carbocycles. The number of aromatic nitrogens is 1. The van der Waals surface area contributed by atoms with E-state index in [-0.39, 0.29) is 12.0 Å². The molecule has 1 atom stereocenters. The highest BCUT2D eigenvalue weighted by Gasteiger charge is 2.25. The molecule has 1 aliphatic rings. The molecule has 0 spiro atoms.